The first-order valence-corrected chi connectivity index (χ1v) is 9.93. The summed E-state index contributed by atoms with van der Waals surface area (Å²) in [4.78, 5) is 48.8. The van der Waals surface area contributed by atoms with E-state index in [1.165, 1.54) is 18.2 Å². The molecule has 8 nitrogen and oxygen atoms in total. The summed E-state index contributed by atoms with van der Waals surface area (Å²) in [6, 6.07) is 11.8. The van der Waals surface area contributed by atoms with Crippen LogP contribution in [0.1, 0.15) is 27.0 Å². The van der Waals surface area contributed by atoms with Gasteiger partial charge in [-0.15, -0.1) is 0 Å². The Balaban J connectivity index is 1.61. The van der Waals surface area contributed by atoms with Gasteiger partial charge in [0.2, 0.25) is 0 Å². The van der Waals surface area contributed by atoms with E-state index in [2.05, 4.69) is 5.32 Å². The molecule has 1 aliphatic rings. The normalized spacial score (nSPS) is 15.0. The Morgan fingerprint density at radius 1 is 1.17 bits per heavy atom. The van der Waals surface area contributed by atoms with Crippen LogP contribution >= 0.6 is 11.8 Å². The van der Waals surface area contributed by atoms with Gasteiger partial charge in [0.25, 0.3) is 22.7 Å². The second-order valence-corrected chi connectivity index (χ2v) is 7.75. The summed E-state index contributed by atoms with van der Waals surface area (Å²) in [6.07, 6.45) is 1.66. The van der Waals surface area contributed by atoms with Gasteiger partial charge in [0.05, 0.1) is 9.83 Å². The summed E-state index contributed by atoms with van der Waals surface area (Å²) in [5.41, 5.74) is 2.36. The first-order chi connectivity index (χ1) is 14.3. The molecule has 0 bridgehead atoms. The summed E-state index contributed by atoms with van der Waals surface area (Å²) < 4.78 is 0. The molecule has 2 aromatic carbocycles. The summed E-state index contributed by atoms with van der Waals surface area (Å²) in [5.74, 6) is -0.925. The van der Waals surface area contributed by atoms with Crippen LogP contribution in [0, 0.1) is 24.0 Å². The molecule has 0 aliphatic carbocycles. The van der Waals surface area contributed by atoms with E-state index in [0.29, 0.717) is 10.5 Å². The minimum atomic E-state index is -0.549. The molecule has 0 spiro atoms. The third-order valence-electron chi connectivity index (χ3n) is 4.54. The highest BCUT2D eigenvalue weighted by Crippen LogP contribution is 2.31. The molecule has 2 aromatic rings. The smallest absolute Gasteiger partial charge is 0.293 e. The third-order valence-corrected chi connectivity index (χ3v) is 5.45. The largest absolute Gasteiger partial charge is 0.350 e. The van der Waals surface area contributed by atoms with Crippen molar-refractivity contribution >= 4 is 40.6 Å². The molecule has 9 heteroatoms. The minimum absolute atomic E-state index is 0.00952. The van der Waals surface area contributed by atoms with Gasteiger partial charge in [-0.2, -0.15) is 0 Å². The van der Waals surface area contributed by atoms with Gasteiger partial charge in [-0.1, -0.05) is 35.9 Å². The number of thioether (sulfide) groups is 1. The molecule has 1 saturated heterocycles. The summed E-state index contributed by atoms with van der Waals surface area (Å²) >= 11 is 0.854. The molecule has 0 radical (unpaired) electrons. The van der Waals surface area contributed by atoms with Crippen LogP contribution in [-0.2, 0) is 4.79 Å². The monoisotopic (exact) mass is 425 g/mol. The second kappa shape index (κ2) is 8.91. The zero-order valence-corrected chi connectivity index (χ0v) is 17.2. The number of carbonyl (C=O) groups is 3. The number of hydrogen-bond acceptors (Lipinski definition) is 6. The molecule has 1 heterocycles. The number of hydrogen-bond donors (Lipinski definition) is 1. The van der Waals surface area contributed by atoms with Crippen molar-refractivity contribution in [2.24, 2.45) is 0 Å². The molecule has 1 N–H and O–H groups in total. The number of nitrogens with one attached hydrogen (secondary N) is 1. The number of nitrogens with zero attached hydrogens (tertiary/aromatic N) is 2. The van der Waals surface area contributed by atoms with E-state index in [-0.39, 0.29) is 24.3 Å². The summed E-state index contributed by atoms with van der Waals surface area (Å²) in [5, 5.41) is 13.2. The number of nitro groups is 1. The van der Waals surface area contributed by atoms with Crippen LogP contribution < -0.4 is 5.32 Å². The average molecular weight is 425 g/mol. The SMILES string of the molecule is Cc1ccc(/C=C2\SC(=O)N(CCNC(=O)c3ccc(C)c([N+](=O)[O-])c3)C2=O)cc1. The van der Waals surface area contributed by atoms with Gasteiger partial charge in [0, 0.05) is 30.3 Å². The van der Waals surface area contributed by atoms with E-state index in [4.69, 9.17) is 0 Å². The molecule has 1 aliphatic heterocycles. The van der Waals surface area contributed by atoms with Crippen molar-refractivity contribution in [1.82, 2.24) is 10.2 Å². The highest BCUT2D eigenvalue weighted by atomic mass is 32.2. The predicted octanol–water partition coefficient (Wildman–Crippen LogP) is 3.68. The number of carbonyl (C=O) groups excluding carboxylic acids is 3. The van der Waals surface area contributed by atoms with Crippen LogP contribution in [0.25, 0.3) is 6.08 Å². The molecule has 3 rings (SSSR count). The lowest BCUT2D eigenvalue weighted by Gasteiger charge is -2.13. The number of benzene rings is 2. The molecular formula is C21H19N3O5S. The van der Waals surface area contributed by atoms with E-state index in [0.717, 1.165) is 27.8 Å². The molecule has 1 fully saturated rings. The Morgan fingerprint density at radius 2 is 1.87 bits per heavy atom. The zero-order valence-electron chi connectivity index (χ0n) is 16.4. The Labute approximate surface area is 177 Å². The number of aryl methyl sites for hydroxylation is 2. The second-order valence-electron chi connectivity index (χ2n) is 6.76. The lowest BCUT2D eigenvalue weighted by atomic mass is 10.1. The summed E-state index contributed by atoms with van der Waals surface area (Å²) in [6.45, 7) is 3.59. The van der Waals surface area contributed by atoms with Gasteiger partial charge < -0.3 is 5.32 Å². The fourth-order valence-corrected chi connectivity index (χ4v) is 3.70. The van der Waals surface area contributed by atoms with E-state index < -0.39 is 22.0 Å². The van der Waals surface area contributed by atoms with Crippen LogP contribution in [0.4, 0.5) is 10.5 Å². The van der Waals surface area contributed by atoms with Gasteiger partial charge in [-0.05, 0) is 43.3 Å². The maximum Gasteiger partial charge on any atom is 0.293 e. The Morgan fingerprint density at radius 3 is 2.53 bits per heavy atom. The van der Waals surface area contributed by atoms with E-state index in [9.17, 15) is 24.5 Å². The van der Waals surface area contributed by atoms with Crippen LogP contribution in [-0.4, -0.2) is 40.0 Å². The van der Waals surface area contributed by atoms with Gasteiger partial charge in [-0.3, -0.25) is 29.4 Å². The van der Waals surface area contributed by atoms with E-state index >= 15 is 0 Å². The van der Waals surface area contributed by atoms with Crippen molar-refractivity contribution < 1.29 is 19.3 Å². The van der Waals surface area contributed by atoms with Crippen molar-refractivity contribution in [3.05, 3.63) is 79.7 Å². The highest BCUT2D eigenvalue weighted by molar-refractivity contribution is 8.18. The Hall–Kier alpha value is -3.46. The predicted molar refractivity (Wildman–Crippen MR) is 114 cm³/mol. The lowest BCUT2D eigenvalue weighted by molar-refractivity contribution is -0.385. The van der Waals surface area contributed by atoms with E-state index in [1.807, 2.05) is 31.2 Å². The Kier molecular flexibility index (Phi) is 6.31. The van der Waals surface area contributed by atoms with Crippen LogP contribution in [0.2, 0.25) is 0 Å². The number of amides is 3. The van der Waals surface area contributed by atoms with Crippen LogP contribution in [0.15, 0.2) is 47.4 Å². The standard InChI is InChI=1S/C21H19N3O5S/c1-13-3-6-15(7-4-13)11-18-20(26)23(21(27)30-18)10-9-22-19(25)16-8-5-14(2)17(12-16)24(28)29/h3-8,11-12H,9-10H2,1-2H3,(H,22,25)/b18-11-. The lowest BCUT2D eigenvalue weighted by Crippen LogP contribution is -2.37. The first-order valence-electron chi connectivity index (χ1n) is 9.11. The van der Waals surface area contributed by atoms with Crippen LogP contribution in [0.3, 0.4) is 0 Å². The van der Waals surface area contributed by atoms with Crippen molar-refractivity contribution in [2.45, 2.75) is 13.8 Å². The van der Waals surface area contributed by atoms with E-state index in [1.54, 1.807) is 13.0 Å². The minimum Gasteiger partial charge on any atom is -0.350 e. The van der Waals surface area contributed by atoms with Gasteiger partial charge in [0.1, 0.15) is 0 Å². The zero-order chi connectivity index (χ0) is 21.8. The van der Waals surface area contributed by atoms with Gasteiger partial charge >= 0.3 is 0 Å². The van der Waals surface area contributed by atoms with Crippen molar-refractivity contribution in [3.8, 4) is 0 Å². The number of imide groups is 1. The van der Waals surface area contributed by atoms with Crippen LogP contribution in [0.5, 0.6) is 0 Å². The van der Waals surface area contributed by atoms with Gasteiger partial charge in [0.15, 0.2) is 0 Å². The fourth-order valence-electron chi connectivity index (χ4n) is 2.84. The first kappa shape index (κ1) is 21.3. The molecule has 0 atom stereocenters. The number of rotatable bonds is 6. The molecule has 0 aromatic heterocycles. The quantitative estimate of drug-likeness (QED) is 0.430. The molecular weight excluding hydrogens is 406 g/mol. The number of nitro benzene ring substituents is 1. The van der Waals surface area contributed by atoms with Crippen molar-refractivity contribution in [3.63, 3.8) is 0 Å². The maximum atomic E-state index is 12.5. The van der Waals surface area contributed by atoms with Crippen molar-refractivity contribution in [2.75, 3.05) is 13.1 Å². The third kappa shape index (κ3) is 4.74. The van der Waals surface area contributed by atoms with Gasteiger partial charge in [-0.25, -0.2) is 0 Å². The Bertz CT molecular complexity index is 1060. The molecule has 0 unspecified atom stereocenters. The topological polar surface area (TPSA) is 110 Å². The highest BCUT2D eigenvalue weighted by Gasteiger charge is 2.34. The average Bonchev–Trinajstić information content (AvgIpc) is 2.97. The summed E-state index contributed by atoms with van der Waals surface area (Å²) in [7, 11) is 0. The molecule has 3 amide bonds. The molecule has 0 saturated carbocycles. The maximum absolute atomic E-state index is 12.5. The van der Waals surface area contributed by atoms with Crippen molar-refractivity contribution in [1.29, 1.82) is 0 Å². The molecule has 30 heavy (non-hydrogen) atoms. The molecule has 154 valence electrons. The fraction of sp³-hybridized carbons (Fsp3) is 0.190.